The topological polar surface area (TPSA) is 73.0 Å². The summed E-state index contributed by atoms with van der Waals surface area (Å²) in [4.78, 5) is 0. The van der Waals surface area contributed by atoms with Gasteiger partial charge in [-0.25, -0.2) is 0 Å². The Balaban J connectivity index is 1.82. The molecule has 3 aromatic rings. The third-order valence-corrected chi connectivity index (χ3v) is 8.50. The highest BCUT2D eigenvalue weighted by atomic mass is 35.5. The maximum atomic E-state index is 6.39. The fourth-order valence-electron chi connectivity index (χ4n) is 3.64. The number of rotatable bonds is 9. The van der Waals surface area contributed by atoms with Crippen LogP contribution in [0.25, 0.3) is 0 Å². The molecule has 11 heteroatoms. The summed E-state index contributed by atoms with van der Waals surface area (Å²) in [6, 6.07) is 19.1. The minimum Gasteiger partial charge on any atom is -0.495 e. The van der Waals surface area contributed by atoms with E-state index in [0.29, 0.717) is 33.7 Å². The number of hydrazine groups is 1. The molecule has 216 valence electrons. The Hall–Kier alpha value is -2.55. The molecule has 0 saturated carbocycles. The van der Waals surface area contributed by atoms with Gasteiger partial charge in [0.2, 0.25) is 0 Å². The van der Waals surface area contributed by atoms with Crippen LogP contribution < -0.4 is 34.5 Å². The Morgan fingerprint density at radius 2 is 1.23 bits per heavy atom. The van der Waals surface area contributed by atoms with Gasteiger partial charge in [-0.05, 0) is 70.6 Å². The van der Waals surface area contributed by atoms with E-state index in [2.05, 4.69) is 57.5 Å². The average molecular weight is 622 g/mol. The molecular formula is C29H37ClN3O4PS2. The molecule has 40 heavy (non-hydrogen) atoms. The van der Waals surface area contributed by atoms with Gasteiger partial charge in [0.25, 0.3) is 0 Å². The van der Waals surface area contributed by atoms with Crippen LogP contribution in [0.5, 0.6) is 23.0 Å². The first-order valence-electron chi connectivity index (χ1n) is 12.6. The van der Waals surface area contributed by atoms with Crippen LogP contribution in [0.1, 0.15) is 52.7 Å². The molecule has 0 spiro atoms. The van der Waals surface area contributed by atoms with Crippen molar-refractivity contribution in [3.8, 4) is 23.0 Å². The Morgan fingerprint density at radius 1 is 0.750 bits per heavy atom. The minimum atomic E-state index is -3.21. The van der Waals surface area contributed by atoms with Crippen molar-refractivity contribution in [2.24, 2.45) is 0 Å². The molecule has 0 amide bonds. The first-order valence-corrected chi connectivity index (χ1v) is 16.0. The molecule has 0 atom stereocenters. The van der Waals surface area contributed by atoms with Crippen molar-refractivity contribution >= 4 is 53.1 Å². The zero-order valence-corrected chi connectivity index (χ0v) is 27.3. The fourth-order valence-corrected chi connectivity index (χ4v) is 6.02. The average Bonchev–Trinajstić information content (AvgIpc) is 2.87. The van der Waals surface area contributed by atoms with Gasteiger partial charge in [-0.2, -0.15) is 0 Å². The van der Waals surface area contributed by atoms with Gasteiger partial charge in [0, 0.05) is 11.8 Å². The third kappa shape index (κ3) is 8.48. The molecule has 0 aliphatic rings. The van der Waals surface area contributed by atoms with Gasteiger partial charge in [0.15, 0.2) is 10.9 Å². The Kier molecular flexibility index (Phi) is 10.4. The molecular weight excluding hydrogens is 585 g/mol. The lowest BCUT2D eigenvalue weighted by Crippen LogP contribution is -2.40. The van der Waals surface area contributed by atoms with Gasteiger partial charge >= 0.3 is 6.64 Å². The maximum absolute atomic E-state index is 6.39. The molecule has 7 nitrogen and oxygen atoms in total. The maximum Gasteiger partial charge on any atom is 0.383 e. The predicted octanol–water partition coefficient (Wildman–Crippen LogP) is 8.13. The van der Waals surface area contributed by atoms with Crippen LogP contribution in [-0.4, -0.2) is 19.3 Å². The molecule has 0 heterocycles. The molecule has 3 N–H and O–H groups in total. The first kappa shape index (κ1) is 32.0. The Labute approximate surface area is 253 Å². The van der Waals surface area contributed by atoms with E-state index in [1.165, 1.54) is 25.3 Å². The monoisotopic (exact) mass is 621 g/mol. The summed E-state index contributed by atoms with van der Waals surface area (Å²) in [7, 11) is 3.04. The zero-order chi connectivity index (χ0) is 29.7. The van der Waals surface area contributed by atoms with E-state index in [9.17, 15) is 0 Å². The summed E-state index contributed by atoms with van der Waals surface area (Å²) in [5.41, 5.74) is 5.83. The predicted molar refractivity (Wildman–Crippen MR) is 173 cm³/mol. The molecule has 0 radical (unpaired) electrons. The van der Waals surface area contributed by atoms with Gasteiger partial charge < -0.3 is 23.8 Å². The second-order valence-corrected chi connectivity index (χ2v) is 14.9. The summed E-state index contributed by atoms with van der Waals surface area (Å²) >= 11 is 17.8. The minimum absolute atomic E-state index is 0.00704. The largest absolute Gasteiger partial charge is 0.495 e. The lowest BCUT2D eigenvalue weighted by atomic mass is 9.87. The summed E-state index contributed by atoms with van der Waals surface area (Å²) < 4.78 is 23.2. The third-order valence-electron chi connectivity index (χ3n) is 5.93. The molecule has 0 bridgehead atoms. The van der Waals surface area contributed by atoms with Crippen molar-refractivity contribution in [1.82, 2.24) is 10.6 Å². The van der Waals surface area contributed by atoms with Crippen molar-refractivity contribution < 1.29 is 18.5 Å². The Bertz CT molecular complexity index is 1310. The summed E-state index contributed by atoms with van der Waals surface area (Å²) in [6.07, 6.45) is 0. The van der Waals surface area contributed by atoms with E-state index >= 15 is 0 Å². The van der Waals surface area contributed by atoms with Crippen LogP contribution in [0.2, 0.25) is 5.02 Å². The molecule has 0 unspecified atom stereocenters. The number of hydrogen-bond donors (Lipinski definition) is 3. The van der Waals surface area contributed by atoms with Crippen LogP contribution in [0.3, 0.4) is 0 Å². The number of benzene rings is 3. The van der Waals surface area contributed by atoms with Crippen LogP contribution in [-0.2, 0) is 22.6 Å². The number of anilines is 1. The fraction of sp³-hybridized carbons (Fsp3) is 0.345. The standard InChI is InChI=1S/C29H37ClN3O4PS2/c1-28(2,3)19-9-13-21(14-10-19)36-38(40,37-22-15-11-20(12-16-22)29(4,5)6)33-32-27(39)31-23-17-18-24(34-7)25(30)26(23)35-8/h9-18H,1-8H3,(H,33,40)(H2,31,32,39). The van der Waals surface area contributed by atoms with Crippen molar-refractivity contribution in [3.63, 3.8) is 0 Å². The smallest absolute Gasteiger partial charge is 0.383 e. The second kappa shape index (κ2) is 13.0. The van der Waals surface area contributed by atoms with Gasteiger partial charge in [-0.15, -0.1) is 5.20 Å². The van der Waals surface area contributed by atoms with Crippen molar-refractivity contribution in [2.45, 2.75) is 52.4 Å². The molecule has 0 aliphatic heterocycles. The van der Waals surface area contributed by atoms with Crippen LogP contribution in [0, 0.1) is 0 Å². The van der Waals surface area contributed by atoms with Crippen LogP contribution in [0.15, 0.2) is 60.7 Å². The highest BCUT2D eigenvalue weighted by Crippen LogP contribution is 2.45. The molecule has 0 aliphatic carbocycles. The molecule has 0 aromatic heterocycles. The van der Waals surface area contributed by atoms with Crippen molar-refractivity contribution in [1.29, 1.82) is 0 Å². The van der Waals surface area contributed by atoms with Crippen LogP contribution >= 0.6 is 30.5 Å². The van der Waals surface area contributed by atoms with Gasteiger partial charge in [0.1, 0.15) is 22.3 Å². The number of ether oxygens (including phenoxy) is 2. The Morgan fingerprint density at radius 3 is 1.62 bits per heavy atom. The SMILES string of the molecule is COc1ccc(NC(=S)NNP(=S)(Oc2ccc(C(C)(C)C)cc2)Oc2ccc(C(C)(C)C)cc2)c(OC)c1Cl. The highest BCUT2D eigenvalue weighted by molar-refractivity contribution is 8.09. The second-order valence-electron chi connectivity index (χ2n) is 11.1. The molecule has 3 aromatic carbocycles. The van der Waals surface area contributed by atoms with E-state index < -0.39 is 6.64 Å². The quantitative estimate of drug-likeness (QED) is 0.125. The number of halogens is 1. The van der Waals surface area contributed by atoms with Gasteiger partial charge in [0.05, 0.1) is 19.9 Å². The summed E-state index contributed by atoms with van der Waals surface area (Å²) in [5, 5.41) is 6.58. The lowest BCUT2D eigenvalue weighted by Gasteiger charge is -2.26. The van der Waals surface area contributed by atoms with Crippen molar-refractivity contribution in [2.75, 3.05) is 19.5 Å². The number of methoxy groups -OCH3 is 2. The highest BCUT2D eigenvalue weighted by Gasteiger charge is 2.25. The van der Waals surface area contributed by atoms with E-state index in [4.69, 9.17) is 54.1 Å². The van der Waals surface area contributed by atoms with E-state index in [0.717, 1.165) is 0 Å². The van der Waals surface area contributed by atoms with Gasteiger partial charge in [-0.1, -0.05) is 77.4 Å². The van der Waals surface area contributed by atoms with E-state index in [-0.39, 0.29) is 15.9 Å². The van der Waals surface area contributed by atoms with Crippen LogP contribution in [0.4, 0.5) is 5.69 Å². The normalized spacial score (nSPS) is 11.9. The lowest BCUT2D eigenvalue weighted by molar-refractivity contribution is 0.396. The molecule has 3 rings (SSSR count). The summed E-state index contributed by atoms with van der Waals surface area (Å²) in [5.74, 6) is 2.00. The van der Waals surface area contributed by atoms with E-state index in [1.54, 1.807) is 12.1 Å². The van der Waals surface area contributed by atoms with Crippen molar-refractivity contribution in [3.05, 3.63) is 76.8 Å². The summed E-state index contributed by atoms with van der Waals surface area (Å²) in [6.45, 7) is 9.72. The number of hydrogen-bond acceptors (Lipinski definition) is 6. The van der Waals surface area contributed by atoms with Gasteiger partial charge in [-0.3, -0.25) is 5.43 Å². The molecule has 0 saturated heterocycles. The number of nitrogens with one attached hydrogen (secondary N) is 3. The molecule has 0 fully saturated rings. The zero-order valence-electron chi connectivity index (χ0n) is 24.0. The number of thiocarbonyl (C=S) groups is 1. The van der Waals surface area contributed by atoms with E-state index in [1.807, 2.05) is 48.5 Å². The first-order chi connectivity index (χ1) is 18.6.